The van der Waals surface area contributed by atoms with Crippen molar-refractivity contribution >= 4 is 28.6 Å². The standard InChI is InChI=1S/C23H23N3O3/c27-21-6-3-13-26(21)18-9-7-17(8-10-18)23(28)25-14-11-16(12-15-25)22-24-19-4-1-2-5-20(19)29-22/h1-2,4-5,7-10,16H,3,6,11-15H2. The first-order chi connectivity index (χ1) is 14.2. The first-order valence-corrected chi connectivity index (χ1v) is 10.2. The molecule has 3 heterocycles. The molecule has 148 valence electrons. The van der Waals surface area contributed by atoms with Crippen LogP contribution < -0.4 is 4.90 Å². The monoisotopic (exact) mass is 389 g/mol. The van der Waals surface area contributed by atoms with Crippen molar-refractivity contribution in [3.8, 4) is 0 Å². The number of amides is 2. The molecule has 0 spiro atoms. The van der Waals surface area contributed by atoms with Gasteiger partial charge < -0.3 is 14.2 Å². The first-order valence-electron chi connectivity index (χ1n) is 10.2. The van der Waals surface area contributed by atoms with Crippen LogP contribution in [0.2, 0.25) is 0 Å². The zero-order valence-electron chi connectivity index (χ0n) is 16.2. The quantitative estimate of drug-likeness (QED) is 0.680. The summed E-state index contributed by atoms with van der Waals surface area (Å²) in [4.78, 5) is 33.1. The van der Waals surface area contributed by atoms with Crippen LogP contribution in [0, 0.1) is 0 Å². The van der Waals surface area contributed by atoms with Gasteiger partial charge in [-0.05, 0) is 55.7 Å². The van der Waals surface area contributed by atoms with Gasteiger partial charge in [0, 0.05) is 43.2 Å². The Morgan fingerprint density at radius 2 is 1.76 bits per heavy atom. The van der Waals surface area contributed by atoms with Crippen molar-refractivity contribution in [2.24, 2.45) is 0 Å². The van der Waals surface area contributed by atoms with Crippen LogP contribution in [-0.4, -0.2) is 41.3 Å². The summed E-state index contributed by atoms with van der Waals surface area (Å²) in [6.45, 7) is 2.14. The number of piperidine rings is 1. The highest BCUT2D eigenvalue weighted by atomic mass is 16.3. The average molecular weight is 389 g/mol. The molecular formula is C23H23N3O3. The van der Waals surface area contributed by atoms with E-state index in [1.165, 1.54) is 0 Å². The number of para-hydroxylation sites is 2. The van der Waals surface area contributed by atoms with Crippen LogP contribution >= 0.6 is 0 Å². The molecule has 3 aromatic rings. The lowest BCUT2D eigenvalue weighted by molar-refractivity contribution is -0.117. The number of oxazole rings is 1. The number of aromatic nitrogens is 1. The Labute approximate surface area is 169 Å². The molecule has 2 amide bonds. The number of nitrogens with zero attached hydrogens (tertiary/aromatic N) is 3. The maximum Gasteiger partial charge on any atom is 0.253 e. The van der Waals surface area contributed by atoms with Crippen LogP contribution in [0.25, 0.3) is 11.1 Å². The summed E-state index contributed by atoms with van der Waals surface area (Å²) in [6, 6.07) is 15.2. The van der Waals surface area contributed by atoms with Crippen molar-refractivity contribution in [2.45, 2.75) is 31.6 Å². The number of fused-ring (bicyclic) bond motifs is 1. The van der Waals surface area contributed by atoms with E-state index >= 15 is 0 Å². The van der Waals surface area contributed by atoms with Gasteiger partial charge in [-0.15, -0.1) is 0 Å². The predicted octanol–water partition coefficient (Wildman–Crippen LogP) is 3.97. The second kappa shape index (κ2) is 7.35. The van der Waals surface area contributed by atoms with Gasteiger partial charge in [0.25, 0.3) is 5.91 Å². The number of carbonyl (C=O) groups is 2. The lowest BCUT2D eigenvalue weighted by Crippen LogP contribution is -2.38. The molecule has 0 radical (unpaired) electrons. The van der Waals surface area contributed by atoms with E-state index in [0.29, 0.717) is 25.1 Å². The molecule has 2 aromatic carbocycles. The van der Waals surface area contributed by atoms with Crippen molar-refractivity contribution in [2.75, 3.05) is 24.5 Å². The van der Waals surface area contributed by atoms with Gasteiger partial charge in [-0.3, -0.25) is 9.59 Å². The molecule has 6 heteroatoms. The fourth-order valence-corrected chi connectivity index (χ4v) is 4.28. The Kier molecular flexibility index (Phi) is 4.54. The molecule has 0 bridgehead atoms. The highest BCUT2D eigenvalue weighted by Gasteiger charge is 2.28. The Bertz CT molecular complexity index is 1020. The highest BCUT2D eigenvalue weighted by molar-refractivity contribution is 5.97. The number of hydrogen-bond donors (Lipinski definition) is 0. The number of carbonyl (C=O) groups excluding carboxylic acids is 2. The lowest BCUT2D eigenvalue weighted by atomic mass is 9.96. The zero-order chi connectivity index (χ0) is 19.8. The topological polar surface area (TPSA) is 66.7 Å². The van der Waals surface area contributed by atoms with Gasteiger partial charge in [0.2, 0.25) is 5.91 Å². The number of likely N-dealkylation sites (tertiary alicyclic amines) is 1. The SMILES string of the molecule is O=C(c1ccc(N2CCCC2=O)cc1)N1CCC(c2nc3ccccc3o2)CC1. The van der Waals surface area contributed by atoms with Gasteiger partial charge in [0.15, 0.2) is 11.5 Å². The van der Waals surface area contributed by atoms with Crippen molar-refractivity contribution < 1.29 is 14.0 Å². The second-order valence-electron chi connectivity index (χ2n) is 7.78. The molecule has 2 aliphatic rings. The maximum atomic E-state index is 12.9. The maximum absolute atomic E-state index is 12.9. The summed E-state index contributed by atoms with van der Waals surface area (Å²) >= 11 is 0. The van der Waals surface area contributed by atoms with Crippen molar-refractivity contribution in [1.29, 1.82) is 0 Å². The minimum Gasteiger partial charge on any atom is -0.440 e. The third-order valence-electron chi connectivity index (χ3n) is 5.94. The molecule has 29 heavy (non-hydrogen) atoms. The third-order valence-corrected chi connectivity index (χ3v) is 5.94. The van der Waals surface area contributed by atoms with E-state index in [0.717, 1.165) is 48.5 Å². The molecule has 0 saturated carbocycles. The number of rotatable bonds is 3. The Morgan fingerprint density at radius 3 is 2.45 bits per heavy atom. The Balaban J connectivity index is 1.23. The second-order valence-corrected chi connectivity index (χ2v) is 7.78. The van der Waals surface area contributed by atoms with Gasteiger partial charge in [-0.2, -0.15) is 0 Å². The molecule has 6 nitrogen and oxygen atoms in total. The lowest BCUT2D eigenvalue weighted by Gasteiger charge is -2.30. The van der Waals surface area contributed by atoms with Crippen molar-refractivity contribution in [3.05, 3.63) is 60.0 Å². The van der Waals surface area contributed by atoms with E-state index < -0.39 is 0 Å². The van der Waals surface area contributed by atoms with Crippen LogP contribution in [0.4, 0.5) is 5.69 Å². The van der Waals surface area contributed by atoms with Gasteiger partial charge in [-0.25, -0.2) is 4.98 Å². The molecule has 2 aliphatic heterocycles. The van der Waals surface area contributed by atoms with E-state index in [1.54, 1.807) is 4.90 Å². The molecule has 0 atom stereocenters. The third kappa shape index (κ3) is 3.39. The number of benzene rings is 2. The van der Waals surface area contributed by atoms with E-state index in [2.05, 4.69) is 4.98 Å². The number of hydrogen-bond acceptors (Lipinski definition) is 4. The molecule has 0 unspecified atom stereocenters. The van der Waals surface area contributed by atoms with Crippen LogP contribution in [0.5, 0.6) is 0 Å². The molecule has 2 saturated heterocycles. The van der Waals surface area contributed by atoms with Gasteiger partial charge in [0.05, 0.1) is 0 Å². The van der Waals surface area contributed by atoms with Crippen molar-refractivity contribution in [1.82, 2.24) is 9.88 Å². The molecule has 2 fully saturated rings. The highest BCUT2D eigenvalue weighted by Crippen LogP contribution is 2.30. The summed E-state index contributed by atoms with van der Waals surface area (Å²) in [7, 11) is 0. The van der Waals surface area contributed by atoms with Crippen LogP contribution in [0.15, 0.2) is 52.9 Å². The Morgan fingerprint density at radius 1 is 1.00 bits per heavy atom. The number of anilines is 1. The van der Waals surface area contributed by atoms with Crippen LogP contribution in [-0.2, 0) is 4.79 Å². The summed E-state index contributed by atoms with van der Waals surface area (Å²) in [5.74, 6) is 1.22. The summed E-state index contributed by atoms with van der Waals surface area (Å²) in [5, 5.41) is 0. The van der Waals surface area contributed by atoms with Crippen molar-refractivity contribution in [3.63, 3.8) is 0 Å². The van der Waals surface area contributed by atoms with Crippen LogP contribution in [0.3, 0.4) is 0 Å². The van der Waals surface area contributed by atoms with E-state index in [4.69, 9.17) is 4.42 Å². The van der Waals surface area contributed by atoms with Gasteiger partial charge in [0.1, 0.15) is 5.52 Å². The van der Waals surface area contributed by atoms with E-state index in [9.17, 15) is 9.59 Å². The predicted molar refractivity (Wildman–Crippen MR) is 110 cm³/mol. The smallest absolute Gasteiger partial charge is 0.253 e. The average Bonchev–Trinajstić information content (AvgIpc) is 3.39. The minimum absolute atomic E-state index is 0.0420. The fraction of sp³-hybridized carbons (Fsp3) is 0.348. The molecular weight excluding hydrogens is 366 g/mol. The fourth-order valence-electron chi connectivity index (χ4n) is 4.28. The van der Waals surface area contributed by atoms with Gasteiger partial charge in [-0.1, -0.05) is 12.1 Å². The summed E-state index contributed by atoms with van der Waals surface area (Å²) in [5.41, 5.74) is 3.24. The zero-order valence-corrected chi connectivity index (χ0v) is 16.2. The summed E-state index contributed by atoms with van der Waals surface area (Å²) < 4.78 is 5.91. The first kappa shape index (κ1) is 17.9. The molecule has 5 rings (SSSR count). The molecule has 0 N–H and O–H groups in total. The Hall–Kier alpha value is -3.15. The van der Waals surface area contributed by atoms with Gasteiger partial charge >= 0.3 is 0 Å². The largest absolute Gasteiger partial charge is 0.440 e. The minimum atomic E-state index is 0.0420. The molecule has 1 aromatic heterocycles. The van der Waals surface area contributed by atoms with E-state index in [1.807, 2.05) is 53.4 Å². The summed E-state index contributed by atoms with van der Waals surface area (Å²) in [6.07, 6.45) is 3.20. The van der Waals surface area contributed by atoms with Crippen LogP contribution in [0.1, 0.15) is 47.8 Å². The molecule has 0 aliphatic carbocycles. The normalized spacial score (nSPS) is 18.0. The van der Waals surface area contributed by atoms with E-state index in [-0.39, 0.29) is 17.7 Å².